The smallest absolute Gasteiger partial charge is 0.275 e. The number of nitrogens with zero attached hydrogens (tertiary/aromatic N) is 3. The third-order valence-electron chi connectivity index (χ3n) is 3.92. The molecule has 1 aliphatic heterocycles. The van der Waals surface area contributed by atoms with Gasteiger partial charge in [0, 0.05) is 34.8 Å². The number of aryl methyl sites for hydroxylation is 1. The summed E-state index contributed by atoms with van der Waals surface area (Å²) < 4.78 is 8.12. The quantitative estimate of drug-likeness (QED) is 0.720. The van der Waals surface area contributed by atoms with Gasteiger partial charge < -0.3 is 10.1 Å². The van der Waals surface area contributed by atoms with Gasteiger partial charge in [-0.2, -0.15) is 4.52 Å². The van der Waals surface area contributed by atoms with Crippen LogP contribution in [0.25, 0.3) is 4.96 Å². The molecule has 8 heteroatoms. The van der Waals surface area contributed by atoms with E-state index in [0.29, 0.717) is 16.6 Å². The zero-order valence-corrected chi connectivity index (χ0v) is 15.4. The van der Waals surface area contributed by atoms with Crippen LogP contribution in [0.4, 0.5) is 5.13 Å². The molecular weight excluding hydrogens is 392 g/mol. The fraction of sp³-hybridized carbons (Fsp3) is 0.312. The van der Waals surface area contributed by atoms with Crippen molar-refractivity contribution in [1.82, 2.24) is 14.6 Å². The summed E-state index contributed by atoms with van der Waals surface area (Å²) in [4.78, 5) is 17.1. The van der Waals surface area contributed by atoms with E-state index in [1.165, 1.54) is 27.5 Å². The third kappa shape index (κ3) is 2.80. The minimum atomic E-state index is -0.146. The molecule has 3 heterocycles. The lowest BCUT2D eigenvalue weighted by Crippen LogP contribution is -2.15. The molecule has 2 aromatic heterocycles. The molecule has 0 saturated carbocycles. The fourth-order valence-electron chi connectivity index (χ4n) is 2.76. The molecule has 0 aliphatic carbocycles. The lowest BCUT2D eigenvalue weighted by Gasteiger charge is -2.09. The van der Waals surface area contributed by atoms with E-state index in [0.717, 1.165) is 40.9 Å². The molecule has 124 valence electrons. The summed E-state index contributed by atoms with van der Waals surface area (Å²) >= 11 is 4.92. The first-order chi connectivity index (χ1) is 11.6. The first-order valence-electron chi connectivity index (χ1n) is 7.72. The van der Waals surface area contributed by atoms with Gasteiger partial charge in [0.05, 0.1) is 6.61 Å². The van der Waals surface area contributed by atoms with Crippen LogP contribution in [0.5, 0.6) is 5.75 Å². The van der Waals surface area contributed by atoms with E-state index >= 15 is 0 Å². The molecule has 3 aromatic rings. The lowest BCUT2D eigenvalue weighted by molar-refractivity contribution is 0.354. The van der Waals surface area contributed by atoms with Crippen LogP contribution < -0.4 is 15.6 Å². The van der Waals surface area contributed by atoms with Crippen LogP contribution in [0, 0.1) is 0 Å². The van der Waals surface area contributed by atoms with Gasteiger partial charge in [-0.25, -0.2) is 4.98 Å². The number of hydrogen-bond acceptors (Lipinski definition) is 6. The number of hydrogen-bond donors (Lipinski definition) is 1. The van der Waals surface area contributed by atoms with Crippen molar-refractivity contribution in [3.63, 3.8) is 0 Å². The molecule has 0 saturated heterocycles. The van der Waals surface area contributed by atoms with Gasteiger partial charge in [0.25, 0.3) is 5.56 Å². The van der Waals surface area contributed by atoms with Crippen molar-refractivity contribution in [3.05, 3.63) is 49.8 Å². The van der Waals surface area contributed by atoms with Crippen LogP contribution in [-0.4, -0.2) is 21.2 Å². The number of anilines is 1. The summed E-state index contributed by atoms with van der Waals surface area (Å²) in [7, 11) is 0. The monoisotopic (exact) mass is 406 g/mol. The maximum absolute atomic E-state index is 12.1. The third-order valence-corrected chi connectivity index (χ3v) is 5.24. The van der Waals surface area contributed by atoms with Crippen molar-refractivity contribution < 1.29 is 4.74 Å². The largest absolute Gasteiger partial charge is 0.493 e. The molecule has 6 nitrogen and oxygen atoms in total. The average Bonchev–Trinajstić information content (AvgIpc) is 3.18. The van der Waals surface area contributed by atoms with E-state index in [1.807, 2.05) is 13.0 Å². The van der Waals surface area contributed by atoms with Crippen LogP contribution in [-0.2, 0) is 19.4 Å². The van der Waals surface area contributed by atoms with Crippen molar-refractivity contribution in [2.45, 2.75) is 26.3 Å². The Balaban J connectivity index is 1.62. The second kappa shape index (κ2) is 6.18. The summed E-state index contributed by atoms with van der Waals surface area (Å²) in [5.41, 5.74) is 2.93. The van der Waals surface area contributed by atoms with Gasteiger partial charge in [-0.05, 0) is 24.1 Å². The molecular formula is C16H15BrN4O2S. The summed E-state index contributed by atoms with van der Waals surface area (Å²) in [6.45, 7) is 3.28. The molecule has 1 aliphatic rings. The molecule has 24 heavy (non-hydrogen) atoms. The number of ether oxygens (including phenoxy) is 1. The van der Waals surface area contributed by atoms with Crippen molar-refractivity contribution in [2.24, 2.45) is 0 Å². The normalized spacial score (nSPS) is 13.1. The Morgan fingerprint density at radius 1 is 1.42 bits per heavy atom. The van der Waals surface area contributed by atoms with Gasteiger partial charge in [-0.15, -0.1) is 5.10 Å². The Morgan fingerprint density at radius 2 is 2.29 bits per heavy atom. The second-order valence-corrected chi connectivity index (χ2v) is 7.42. The number of halogens is 1. The SMILES string of the molecule is CCc1cc(=O)n2nc(NCc3cc(Br)cc4c3OCC4)sc2n1. The Morgan fingerprint density at radius 3 is 3.12 bits per heavy atom. The highest BCUT2D eigenvalue weighted by Crippen LogP contribution is 2.33. The molecule has 0 spiro atoms. The zero-order chi connectivity index (χ0) is 16.7. The van der Waals surface area contributed by atoms with Crippen LogP contribution in [0.3, 0.4) is 0 Å². The second-order valence-electron chi connectivity index (χ2n) is 5.55. The molecule has 1 aromatic carbocycles. The zero-order valence-electron chi connectivity index (χ0n) is 13.0. The summed E-state index contributed by atoms with van der Waals surface area (Å²) in [6.07, 6.45) is 1.66. The highest BCUT2D eigenvalue weighted by molar-refractivity contribution is 9.10. The predicted octanol–water partition coefficient (Wildman–Crippen LogP) is 3.02. The van der Waals surface area contributed by atoms with Crippen molar-refractivity contribution >= 4 is 37.4 Å². The summed E-state index contributed by atoms with van der Waals surface area (Å²) in [6, 6.07) is 5.68. The molecule has 0 amide bonds. The highest BCUT2D eigenvalue weighted by atomic mass is 79.9. The van der Waals surface area contributed by atoms with Crippen LogP contribution in [0.2, 0.25) is 0 Å². The summed E-state index contributed by atoms with van der Waals surface area (Å²) in [5.74, 6) is 0.954. The molecule has 0 fully saturated rings. The van der Waals surface area contributed by atoms with E-state index in [1.54, 1.807) is 0 Å². The number of aromatic nitrogens is 3. The molecule has 0 radical (unpaired) electrons. The van der Waals surface area contributed by atoms with Crippen LogP contribution in [0.1, 0.15) is 23.7 Å². The van der Waals surface area contributed by atoms with E-state index in [4.69, 9.17) is 4.74 Å². The Bertz CT molecular complexity index is 982. The Kier molecular flexibility index (Phi) is 4.01. The number of nitrogens with one attached hydrogen (secondary N) is 1. The van der Waals surface area contributed by atoms with Gasteiger partial charge >= 0.3 is 0 Å². The molecule has 0 bridgehead atoms. The lowest BCUT2D eigenvalue weighted by atomic mass is 10.1. The predicted molar refractivity (Wildman–Crippen MR) is 97.2 cm³/mol. The van der Waals surface area contributed by atoms with Crippen molar-refractivity contribution in [3.8, 4) is 5.75 Å². The van der Waals surface area contributed by atoms with E-state index < -0.39 is 0 Å². The van der Waals surface area contributed by atoms with Crippen molar-refractivity contribution in [2.75, 3.05) is 11.9 Å². The first-order valence-corrected chi connectivity index (χ1v) is 9.33. The maximum atomic E-state index is 12.1. The van der Waals surface area contributed by atoms with Gasteiger partial charge in [0.1, 0.15) is 5.75 Å². The Hall–Kier alpha value is -1.93. The minimum absolute atomic E-state index is 0.146. The minimum Gasteiger partial charge on any atom is -0.493 e. The number of fused-ring (bicyclic) bond motifs is 2. The van der Waals surface area contributed by atoms with Gasteiger partial charge in [-0.3, -0.25) is 4.79 Å². The topological polar surface area (TPSA) is 68.5 Å². The van der Waals surface area contributed by atoms with E-state index in [-0.39, 0.29) is 5.56 Å². The van der Waals surface area contributed by atoms with Gasteiger partial charge in [0.15, 0.2) is 0 Å². The molecule has 1 N–H and O–H groups in total. The summed E-state index contributed by atoms with van der Waals surface area (Å²) in [5, 5.41) is 8.26. The average molecular weight is 407 g/mol. The molecule has 0 atom stereocenters. The van der Waals surface area contributed by atoms with Gasteiger partial charge in [0.2, 0.25) is 10.1 Å². The first kappa shape index (κ1) is 15.6. The van der Waals surface area contributed by atoms with E-state index in [2.05, 4.69) is 37.4 Å². The number of rotatable bonds is 4. The Labute approximate surface area is 150 Å². The van der Waals surface area contributed by atoms with Crippen LogP contribution in [0.15, 0.2) is 27.5 Å². The maximum Gasteiger partial charge on any atom is 0.275 e. The van der Waals surface area contributed by atoms with Crippen molar-refractivity contribution in [1.29, 1.82) is 0 Å². The molecule has 4 rings (SSSR count). The standard InChI is InChI=1S/C16H15BrN4O2S/c1-2-12-7-13(22)21-16(19-12)24-15(20-21)18-8-10-6-11(17)5-9-3-4-23-14(9)10/h5-7H,2-4,8H2,1H3,(H,18,20). The fourth-order valence-corrected chi connectivity index (χ4v) is 4.13. The molecule has 0 unspecified atom stereocenters. The number of benzene rings is 1. The van der Waals surface area contributed by atoms with E-state index in [9.17, 15) is 4.79 Å². The van der Waals surface area contributed by atoms with Crippen LogP contribution >= 0.6 is 27.3 Å². The highest BCUT2D eigenvalue weighted by Gasteiger charge is 2.18. The van der Waals surface area contributed by atoms with Gasteiger partial charge in [-0.1, -0.05) is 34.2 Å².